The molecule has 1 aliphatic rings. The maximum atomic E-state index is 12.2. The van der Waals surface area contributed by atoms with Crippen LogP contribution in [0.1, 0.15) is 26.7 Å². The third kappa shape index (κ3) is 3.78. The standard InChI is InChI=1S/C14H18F3NO/c1-10(13(2)7-8-13)18-11-5-3-4-6-12(11)19-9-14(15,16)17/h3-6,10,18H,7-9H2,1-2H3. The summed E-state index contributed by atoms with van der Waals surface area (Å²) in [4.78, 5) is 0. The lowest BCUT2D eigenvalue weighted by Crippen LogP contribution is -2.26. The molecular weight excluding hydrogens is 255 g/mol. The molecule has 1 aliphatic carbocycles. The highest BCUT2D eigenvalue weighted by atomic mass is 19.4. The predicted octanol–water partition coefficient (Wildman–Crippen LogP) is 4.23. The monoisotopic (exact) mass is 273 g/mol. The lowest BCUT2D eigenvalue weighted by molar-refractivity contribution is -0.153. The maximum absolute atomic E-state index is 12.2. The normalized spacial score (nSPS) is 18.8. The molecule has 19 heavy (non-hydrogen) atoms. The molecule has 0 spiro atoms. The van der Waals surface area contributed by atoms with Gasteiger partial charge in [0.1, 0.15) is 5.75 Å². The number of ether oxygens (including phenoxy) is 1. The van der Waals surface area contributed by atoms with Crippen molar-refractivity contribution in [1.82, 2.24) is 0 Å². The first-order valence-corrected chi connectivity index (χ1v) is 6.35. The van der Waals surface area contributed by atoms with Crippen molar-refractivity contribution in [3.8, 4) is 5.75 Å². The second-order valence-corrected chi connectivity index (χ2v) is 5.42. The summed E-state index contributed by atoms with van der Waals surface area (Å²) in [6, 6.07) is 6.96. The van der Waals surface area contributed by atoms with E-state index >= 15 is 0 Å². The fourth-order valence-electron chi connectivity index (χ4n) is 1.91. The van der Waals surface area contributed by atoms with Gasteiger partial charge in [-0.25, -0.2) is 0 Å². The van der Waals surface area contributed by atoms with Crippen molar-refractivity contribution in [3.05, 3.63) is 24.3 Å². The van der Waals surface area contributed by atoms with Crippen LogP contribution in [0.3, 0.4) is 0 Å². The third-order valence-electron chi connectivity index (χ3n) is 3.73. The SMILES string of the molecule is CC(Nc1ccccc1OCC(F)(F)F)C1(C)CC1. The number of para-hydroxylation sites is 2. The molecule has 1 atom stereocenters. The third-order valence-corrected chi connectivity index (χ3v) is 3.73. The Kier molecular flexibility index (Phi) is 3.65. The molecule has 1 saturated carbocycles. The molecule has 1 unspecified atom stereocenters. The highest BCUT2D eigenvalue weighted by molar-refractivity contribution is 5.57. The molecule has 0 heterocycles. The van der Waals surface area contributed by atoms with Crippen molar-refractivity contribution in [2.75, 3.05) is 11.9 Å². The van der Waals surface area contributed by atoms with Crippen LogP contribution in [0, 0.1) is 5.41 Å². The molecule has 1 fully saturated rings. The first-order chi connectivity index (χ1) is 8.80. The summed E-state index contributed by atoms with van der Waals surface area (Å²) in [5, 5.41) is 3.26. The zero-order chi connectivity index (χ0) is 14.1. The Labute approximate surface area is 111 Å². The number of nitrogens with one attached hydrogen (secondary N) is 1. The van der Waals surface area contributed by atoms with E-state index in [1.165, 1.54) is 0 Å². The first-order valence-electron chi connectivity index (χ1n) is 6.35. The Hall–Kier alpha value is -1.39. The molecule has 1 aromatic carbocycles. The summed E-state index contributed by atoms with van der Waals surface area (Å²) >= 11 is 0. The quantitative estimate of drug-likeness (QED) is 0.867. The van der Waals surface area contributed by atoms with Gasteiger partial charge in [0, 0.05) is 6.04 Å². The average Bonchev–Trinajstić information content (AvgIpc) is 3.06. The summed E-state index contributed by atoms with van der Waals surface area (Å²) < 4.78 is 41.4. The van der Waals surface area contributed by atoms with E-state index in [-0.39, 0.29) is 17.2 Å². The Morgan fingerprint density at radius 1 is 1.32 bits per heavy atom. The van der Waals surface area contributed by atoms with Gasteiger partial charge in [0.15, 0.2) is 6.61 Å². The van der Waals surface area contributed by atoms with Gasteiger partial charge in [-0.15, -0.1) is 0 Å². The molecule has 1 aromatic rings. The van der Waals surface area contributed by atoms with Crippen molar-refractivity contribution in [2.24, 2.45) is 5.41 Å². The molecule has 2 nitrogen and oxygen atoms in total. The number of benzene rings is 1. The van der Waals surface area contributed by atoms with Gasteiger partial charge < -0.3 is 10.1 Å². The molecule has 0 bridgehead atoms. The van der Waals surface area contributed by atoms with E-state index in [2.05, 4.69) is 12.2 Å². The molecule has 0 aliphatic heterocycles. The summed E-state index contributed by atoms with van der Waals surface area (Å²) in [6.45, 7) is 2.95. The molecule has 0 aromatic heterocycles. The molecule has 0 radical (unpaired) electrons. The first kappa shape index (κ1) is 14.0. The fourth-order valence-corrected chi connectivity index (χ4v) is 1.91. The number of halogens is 3. The number of hydrogen-bond donors (Lipinski definition) is 1. The van der Waals surface area contributed by atoms with Gasteiger partial charge in [-0.1, -0.05) is 19.1 Å². The lowest BCUT2D eigenvalue weighted by atomic mass is 10.0. The van der Waals surface area contributed by atoms with Gasteiger partial charge in [0.25, 0.3) is 0 Å². The lowest BCUT2D eigenvalue weighted by Gasteiger charge is -2.23. The summed E-state index contributed by atoms with van der Waals surface area (Å²) in [6.07, 6.45) is -2.03. The molecule has 0 amide bonds. The Morgan fingerprint density at radius 2 is 1.95 bits per heavy atom. The minimum atomic E-state index is -4.32. The minimum absolute atomic E-state index is 0.211. The van der Waals surface area contributed by atoms with Gasteiger partial charge in [-0.2, -0.15) is 13.2 Å². The van der Waals surface area contributed by atoms with Gasteiger partial charge in [0.05, 0.1) is 5.69 Å². The average molecular weight is 273 g/mol. The van der Waals surface area contributed by atoms with E-state index in [0.29, 0.717) is 5.69 Å². The highest BCUT2D eigenvalue weighted by Crippen LogP contribution is 2.49. The van der Waals surface area contributed by atoms with Crippen molar-refractivity contribution in [3.63, 3.8) is 0 Å². The molecule has 1 N–H and O–H groups in total. The van der Waals surface area contributed by atoms with E-state index in [1.54, 1.807) is 24.3 Å². The van der Waals surface area contributed by atoms with E-state index < -0.39 is 12.8 Å². The smallest absolute Gasteiger partial charge is 0.422 e. The van der Waals surface area contributed by atoms with Gasteiger partial charge in [-0.05, 0) is 37.3 Å². The summed E-state index contributed by atoms with van der Waals surface area (Å²) in [5.74, 6) is 0.246. The van der Waals surface area contributed by atoms with Crippen molar-refractivity contribution < 1.29 is 17.9 Å². The Bertz CT molecular complexity index is 441. The molecule has 2 rings (SSSR count). The largest absolute Gasteiger partial charge is 0.482 e. The van der Waals surface area contributed by atoms with Crippen LogP contribution in [0.5, 0.6) is 5.75 Å². The van der Waals surface area contributed by atoms with Crippen LogP contribution in [-0.4, -0.2) is 18.8 Å². The molecular formula is C14H18F3NO. The Morgan fingerprint density at radius 3 is 2.53 bits per heavy atom. The van der Waals surface area contributed by atoms with Crippen LogP contribution >= 0.6 is 0 Å². The minimum Gasteiger partial charge on any atom is -0.482 e. The fraction of sp³-hybridized carbons (Fsp3) is 0.571. The van der Waals surface area contributed by atoms with Crippen LogP contribution in [-0.2, 0) is 0 Å². The van der Waals surface area contributed by atoms with Crippen molar-refractivity contribution in [1.29, 1.82) is 0 Å². The maximum Gasteiger partial charge on any atom is 0.422 e. The second kappa shape index (κ2) is 4.94. The topological polar surface area (TPSA) is 21.3 Å². The Balaban J connectivity index is 2.03. The van der Waals surface area contributed by atoms with E-state index in [1.807, 2.05) is 6.92 Å². The zero-order valence-corrected chi connectivity index (χ0v) is 11.1. The van der Waals surface area contributed by atoms with E-state index in [9.17, 15) is 13.2 Å². The van der Waals surface area contributed by atoms with Crippen LogP contribution < -0.4 is 10.1 Å². The molecule has 5 heteroatoms. The zero-order valence-electron chi connectivity index (χ0n) is 11.1. The van der Waals surface area contributed by atoms with Crippen LogP contribution in [0.2, 0.25) is 0 Å². The van der Waals surface area contributed by atoms with Gasteiger partial charge in [0.2, 0.25) is 0 Å². The highest BCUT2D eigenvalue weighted by Gasteiger charge is 2.42. The van der Waals surface area contributed by atoms with Gasteiger partial charge in [-0.3, -0.25) is 0 Å². The predicted molar refractivity (Wildman–Crippen MR) is 68.4 cm³/mol. The number of anilines is 1. The summed E-state index contributed by atoms with van der Waals surface area (Å²) in [7, 11) is 0. The molecule has 106 valence electrons. The number of hydrogen-bond acceptors (Lipinski definition) is 2. The van der Waals surface area contributed by atoms with E-state index in [4.69, 9.17) is 4.74 Å². The van der Waals surface area contributed by atoms with Crippen molar-refractivity contribution >= 4 is 5.69 Å². The summed E-state index contributed by atoms with van der Waals surface area (Å²) in [5.41, 5.74) is 0.865. The second-order valence-electron chi connectivity index (χ2n) is 5.42. The molecule has 0 saturated heterocycles. The van der Waals surface area contributed by atoms with Crippen molar-refractivity contribution in [2.45, 2.75) is 38.9 Å². The van der Waals surface area contributed by atoms with Crippen LogP contribution in [0.15, 0.2) is 24.3 Å². The number of alkyl halides is 3. The van der Waals surface area contributed by atoms with Crippen LogP contribution in [0.4, 0.5) is 18.9 Å². The van der Waals surface area contributed by atoms with Gasteiger partial charge >= 0.3 is 6.18 Å². The van der Waals surface area contributed by atoms with E-state index in [0.717, 1.165) is 12.8 Å². The number of rotatable bonds is 5. The van der Waals surface area contributed by atoms with Crippen LogP contribution in [0.25, 0.3) is 0 Å².